The van der Waals surface area contributed by atoms with Gasteiger partial charge in [0.25, 0.3) is 0 Å². The van der Waals surface area contributed by atoms with E-state index in [1.54, 1.807) is 14.0 Å². The summed E-state index contributed by atoms with van der Waals surface area (Å²) in [5.74, 6) is 1.58. The first-order valence-corrected chi connectivity index (χ1v) is 6.89. The average Bonchev–Trinajstić information content (AvgIpc) is 2.53. The number of hydrogen-bond acceptors (Lipinski definition) is 3. The number of Topliss-reactive ketones (excluding diaryl/α,β-unsaturated/α-hetero) is 1. The number of ketones is 1. The van der Waals surface area contributed by atoms with Gasteiger partial charge in [-0.25, -0.2) is 0 Å². The molecule has 1 atom stereocenters. The van der Waals surface area contributed by atoms with Crippen LogP contribution in [0.3, 0.4) is 0 Å². The number of carbonyl (C=O) groups is 1. The molecule has 0 aliphatic rings. The molecule has 3 nitrogen and oxygen atoms in total. The lowest BCUT2D eigenvalue weighted by atomic mass is 9.80. The minimum Gasteiger partial charge on any atom is -0.497 e. The minimum absolute atomic E-state index is 0.0854. The highest BCUT2D eigenvalue weighted by Crippen LogP contribution is 2.27. The van der Waals surface area contributed by atoms with Crippen LogP contribution in [0.5, 0.6) is 11.5 Å². The summed E-state index contributed by atoms with van der Waals surface area (Å²) >= 11 is 0. The molecule has 2 aromatic carbocycles. The van der Waals surface area contributed by atoms with Crippen LogP contribution in [0.4, 0.5) is 0 Å². The van der Waals surface area contributed by atoms with Crippen molar-refractivity contribution in [3.63, 3.8) is 0 Å². The van der Waals surface area contributed by atoms with Crippen LogP contribution in [0.15, 0.2) is 54.6 Å². The number of carbonyl (C=O) groups excluding carboxylic acids is 1. The van der Waals surface area contributed by atoms with E-state index < -0.39 is 5.41 Å². The maximum Gasteiger partial charge on any atom is 0.143 e. The van der Waals surface area contributed by atoms with Crippen molar-refractivity contribution in [3.8, 4) is 11.5 Å². The summed E-state index contributed by atoms with van der Waals surface area (Å²) in [6.07, 6.45) is 0. The van der Waals surface area contributed by atoms with Gasteiger partial charge in [0.2, 0.25) is 0 Å². The monoisotopic (exact) mass is 284 g/mol. The molecule has 0 N–H and O–H groups in total. The molecule has 0 aromatic heterocycles. The minimum atomic E-state index is -0.652. The second-order valence-electron chi connectivity index (χ2n) is 5.22. The maximum atomic E-state index is 12.1. The molecule has 2 rings (SSSR count). The maximum absolute atomic E-state index is 12.1. The second-order valence-corrected chi connectivity index (χ2v) is 5.22. The molecule has 3 heteroatoms. The normalized spacial score (nSPS) is 13.3. The fourth-order valence-corrected chi connectivity index (χ4v) is 2.09. The smallest absolute Gasteiger partial charge is 0.143 e. The van der Waals surface area contributed by atoms with E-state index in [9.17, 15) is 4.79 Å². The summed E-state index contributed by atoms with van der Waals surface area (Å²) in [4.78, 5) is 12.1. The molecule has 0 saturated carbocycles. The standard InChI is InChI=1S/C18H20O3/c1-14(19)18(2,15-7-5-4-6-8-15)13-21-17-11-9-16(20-3)10-12-17/h4-12H,13H2,1-3H3. The molecule has 0 radical (unpaired) electrons. The van der Waals surface area contributed by atoms with Crippen molar-refractivity contribution in [2.75, 3.05) is 13.7 Å². The molecule has 0 saturated heterocycles. The summed E-state index contributed by atoms with van der Waals surface area (Å²) in [5.41, 5.74) is 0.312. The number of benzene rings is 2. The summed E-state index contributed by atoms with van der Waals surface area (Å²) in [6, 6.07) is 17.1. The summed E-state index contributed by atoms with van der Waals surface area (Å²) in [6.45, 7) is 3.82. The van der Waals surface area contributed by atoms with Crippen molar-refractivity contribution in [3.05, 3.63) is 60.2 Å². The van der Waals surface area contributed by atoms with Gasteiger partial charge in [0.1, 0.15) is 23.9 Å². The molecule has 0 fully saturated rings. The van der Waals surface area contributed by atoms with Gasteiger partial charge in [0, 0.05) is 0 Å². The molecular weight excluding hydrogens is 264 g/mol. The Morgan fingerprint density at radius 1 is 1.00 bits per heavy atom. The van der Waals surface area contributed by atoms with Crippen LogP contribution in [0, 0.1) is 0 Å². The third-order valence-electron chi connectivity index (χ3n) is 3.77. The highest BCUT2D eigenvalue weighted by atomic mass is 16.5. The lowest BCUT2D eigenvalue weighted by Crippen LogP contribution is -2.37. The van der Waals surface area contributed by atoms with Crippen molar-refractivity contribution in [1.82, 2.24) is 0 Å². The Balaban J connectivity index is 2.15. The fourth-order valence-electron chi connectivity index (χ4n) is 2.09. The Morgan fingerprint density at radius 3 is 2.10 bits per heavy atom. The number of methoxy groups -OCH3 is 1. The zero-order valence-electron chi connectivity index (χ0n) is 12.6. The molecule has 1 unspecified atom stereocenters. The van der Waals surface area contributed by atoms with Crippen molar-refractivity contribution in [1.29, 1.82) is 0 Å². The first-order valence-electron chi connectivity index (χ1n) is 6.89. The van der Waals surface area contributed by atoms with Crippen molar-refractivity contribution in [2.45, 2.75) is 19.3 Å². The Hall–Kier alpha value is -2.29. The lowest BCUT2D eigenvalue weighted by Gasteiger charge is -2.27. The average molecular weight is 284 g/mol. The lowest BCUT2D eigenvalue weighted by molar-refractivity contribution is -0.122. The van der Waals surface area contributed by atoms with E-state index in [1.165, 1.54) is 0 Å². The van der Waals surface area contributed by atoms with Crippen LogP contribution in [-0.4, -0.2) is 19.5 Å². The molecule has 110 valence electrons. The van der Waals surface area contributed by atoms with Crippen LogP contribution in [0.1, 0.15) is 19.4 Å². The van der Waals surface area contributed by atoms with E-state index in [2.05, 4.69) is 0 Å². The molecule has 0 amide bonds. The number of hydrogen-bond donors (Lipinski definition) is 0. The summed E-state index contributed by atoms with van der Waals surface area (Å²) in [5, 5.41) is 0. The fraction of sp³-hybridized carbons (Fsp3) is 0.278. The van der Waals surface area contributed by atoms with Gasteiger partial charge in [-0.1, -0.05) is 30.3 Å². The molecule has 21 heavy (non-hydrogen) atoms. The Kier molecular flexibility index (Phi) is 4.63. The van der Waals surface area contributed by atoms with E-state index in [1.807, 2.05) is 61.5 Å². The number of ether oxygens (including phenoxy) is 2. The van der Waals surface area contributed by atoms with Gasteiger partial charge in [-0.3, -0.25) is 4.79 Å². The predicted octanol–water partition coefficient (Wildman–Crippen LogP) is 3.62. The van der Waals surface area contributed by atoms with E-state index in [4.69, 9.17) is 9.47 Å². The van der Waals surface area contributed by atoms with Gasteiger partial charge in [-0.05, 0) is 43.7 Å². The van der Waals surface area contributed by atoms with Gasteiger partial charge >= 0.3 is 0 Å². The highest BCUT2D eigenvalue weighted by molar-refractivity contribution is 5.87. The van der Waals surface area contributed by atoms with Gasteiger partial charge in [0.05, 0.1) is 12.5 Å². The molecule has 2 aromatic rings. The largest absolute Gasteiger partial charge is 0.497 e. The highest BCUT2D eigenvalue weighted by Gasteiger charge is 2.32. The van der Waals surface area contributed by atoms with Crippen molar-refractivity contribution < 1.29 is 14.3 Å². The molecule has 0 heterocycles. The quantitative estimate of drug-likeness (QED) is 0.812. The van der Waals surface area contributed by atoms with Crippen LogP contribution in [0.2, 0.25) is 0 Å². The zero-order valence-corrected chi connectivity index (χ0v) is 12.6. The van der Waals surface area contributed by atoms with E-state index >= 15 is 0 Å². The summed E-state index contributed by atoms with van der Waals surface area (Å²) in [7, 11) is 1.62. The van der Waals surface area contributed by atoms with Gasteiger partial charge in [-0.15, -0.1) is 0 Å². The third-order valence-corrected chi connectivity index (χ3v) is 3.77. The first kappa shape index (κ1) is 15.1. The zero-order chi connectivity index (χ0) is 15.3. The topological polar surface area (TPSA) is 35.5 Å². The van der Waals surface area contributed by atoms with Gasteiger partial charge in [-0.2, -0.15) is 0 Å². The van der Waals surface area contributed by atoms with Crippen molar-refractivity contribution >= 4 is 5.78 Å². The van der Waals surface area contributed by atoms with Crippen LogP contribution in [-0.2, 0) is 10.2 Å². The Morgan fingerprint density at radius 2 is 1.57 bits per heavy atom. The molecule has 0 aliphatic heterocycles. The third kappa shape index (κ3) is 3.43. The second kappa shape index (κ2) is 6.44. The van der Waals surface area contributed by atoms with Crippen LogP contribution in [0.25, 0.3) is 0 Å². The predicted molar refractivity (Wildman–Crippen MR) is 83.0 cm³/mol. The van der Waals surface area contributed by atoms with Gasteiger partial charge < -0.3 is 9.47 Å². The van der Waals surface area contributed by atoms with Crippen LogP contribution >= 0.6 is 0 Å². The Labute approximate surface area is 125 Å². The van der Waals surface area contributed by atoms with E-state index in [-0.39, 0.29) is 5.78 Å². The molecule has 0 spiro atoms. The number of rotatable bonds is 6. The Bertz CT molecular complexity index is 590. The van der Waals surface area contributed by atoms with E-state index in [0.29, 0.717) is 6.61 Å². The first-order chi connectivity index (χ1) is 10.1. The SMILES string of the molecule is COc1ccc(OCC(C)(C(C)=O)c2ccccc2)cc1. The van der Waals surface area contributed by atoms with E-state index in [0.717, 1.165) is 17.1 Å². The summed E-state index contributed by atoms with van der Waals surface area (Å²) < 4.78 is 10.9. The van der Waals surface area contributed by atoms with Crippen LogP contribution < -0.4 is 9.47 Å². The van der Waals surface area contributed by atoms with Crippen molar-refractivity contribution in [2.24, 2.45) is 0 Å². The molecule has 0 bridgehead atoms. The molecule has 0 aliphatic carbocycles. The van der Waals surface area contributed by atoms with Gasteiger partial charge in [0.15, 0.2) is 0 Å². The molecular formula is C18H20O3.